The summed E-state index contributed by atoms with van der Waals surface area (Å²) in [5, 5.41) is 0. The molecule has 0 unspecified atom stereocenters. The fourth-order valence-corrected chi connectivity index (χ4v) is 0. The molecule has 0 aromatic heterocycles. The Morgan fingerprint density at radius 3 is 0.400 bits per heavy atom. The molecular weight excluding hydrogens is 113 g/mol. The third-order valence-electron chi connectivity index (χ3n) is 0. The van der Waals surface area contributed by atoms with Crippen LogP contribution in [-0.2, 0) is 19.5 Å². The molecule has 5 heavy (non-hydrogen) atoms. The Bertz CT molecular complexity index is 3.61. The summed E-state index contributed by atoms with van der Waals surface area (Å²) in [7, 11) is 0. The standard InChI is InChI=1S/4CH3.Zn/h4*1H3;/q4*-1;. The Morgan fingerprint density at radius 1 is 0.400 bits per heavy atom. The minimum atomic E-state index is 0. The molecule has 0 radical (unpaired) electrons. The van der Waals surface area contributed by atoms with Crippen LogP contribution in [-0.4, -0.2) is 0 Å². The second-order valence-corrected chi connectivity index (χ2v) is 0. The number of hydrogen-bond donors (Lipinski definition) is 0. The SMILES string of the molecule is [CH3-].[CH3-].[CH3-].[CH3-].[Zn]. The van der Waals surface area contributed by atoms with Gasteiger partial charge in [0.05, 0.1) is 0 Å². The van der Waals surface area contributed by atoms with Crippen LogP contribution in [0, 0.1) is 29.7 Å². The quantitative estimate of drug-likeness (QED) is 0.342. The smallest absolute Gasteiger partial charge is 0 e. The molecule has 0 atom stereocenters. The summed E-state index contributed by atoms with van der Waals surface area (Å²) >= 11 is 0. The van der Waals surface area contributed by atoms with Gasteiger partial charge in [-0.2, -0.15) is 0 Å². The second kappa shape index (κ2) is 156. The normalized spacial score (nSPS) is 0. The van der Waals surface area contributed by atoms with Crippen molar-refractivity contribution in [2.24, 2.45) is 0 Å². The van der Waals surface area contributed by atoms with Gasteiger partial charge in [0.15, 0.2) is 0 Å². The van der Waals surface area contributed by atoms with Crippen molar-refractivity contribution in [2.45, 2.75) is 0 Å². The molecule has 0 heterocycles. The first-order valence-corrected chi connectivity index (χ1v) is 0. The molecule has 0 spiro atoms. The van der Waals surface area contributed by atoms with E-state index in [0.29, 0.717) is 0 Å². The molecule has 0 amide bonds. The van der Waals surface area contributed by atoms with Gasteiger partial charge in [-0.25, -0.2) is 0 Å². The summed E-state index contributed by atoms with van der Waals surface area (Å²) < 4.78 is 0. The van der Waals surface area contributed by atoms with Crippen LogP contribution in [0.25, 0.3) is 0 Å². The van der Waals surface area contributed by atoms with Crippen LogP contribution in [0.4, 0.5) is 0 Å². The van der Waals surface area contributed by atoms with Crippen LogP contribution >= 0.6 is 0 Å². The molecule has 0 rings (SSSR count). The van der Waals surface area contributed by atoms with Gasteiger partial charge in [-0.15, -0.1) is 0 Å². The van der Waals surface area contributed by atoms with Crippen molar-refractivity contribution >= 4 is 0 Å². The molecule has 0 aliphatic carbocycles. The van der Waals surface area contributed by atoms with Crippen molar-refractivity contribution < 1.29 is 19.5 Å². The first-order valence-electron chi connectivity index (χ1n) is 0. The second-order valence-electron chi connectivity index (χ2n) is 0. The van der Waals surface area contributed by atoms with Crippen LogP contribution in [0.1, 0.15) is 0 Å². The van der Waals surface area contributed by atoms with E-state index in [4.69, 9.17) is 0 Å². The van der Waals surface area contributed by atoms with E-state index in [-0.39, 0.29) is 49.2 Å². The molecule has 0 saturated carbocycles. The molecule has 0 N–H and O–H groups in total. The van der Waals surface area contributed by atoms with Gasteiger partial charge in [0.1, 0.15) is 0 Å². The van der Waals surface area contributed by atoms with Gasteiger partial charge in [-0.1, -0.05) is 0 Å². The number of hydrogen-bond acceptors (Lipinski definition) is 0. The molecule has 0 aliphatic heterocycles. The van der Waals surface area contributed by atoms with E-state index in [9.17, 15) is 0 Å². The Labute approximate surface area is 49.7 Å². The number of rotatable bonds is 0. The van der Waals surface area contributed by atoms with E-state index >= 15 is 0 Å². The third-order valence-corrected chi connectivity index (χ3v) is 0. The van der Waals surface area contributed by atoms with Crippen LogP contribution in [0.2, 0.25) is 0 Å². The largest absolute Gasteiger partial charge is 0.358 e. The maximum Gasteiger partial charge on any atom is 0 e. The first-order chi connectivity index (χ1) is 0. The van der Waals surface area contributed by atoms with Crippen LogP contribution in [0.15, 0.2) is 0 Å². The minimum Gasteiger partial charge on any atom is -0.358 e. The zero-order valence-electron chi connectivity index (χ0n) is 4.71. The molecule has 0 fully saturated rings. The topological polar surface area (TPSA) is 0 Å². The predicted octanol–water partition coefficient (Wildman–Crippen LogP) is 1.80. The summed E-state index contributed by atoms with van der Waals surface area (Å²) in [4.78, 5) is 0. The maximum atomic E-state index is 0. The van der Waals surface area contributed by atoms with Crippen LogP contribution in [0.5, 0.6) is 0 Å². The third kappa shape index (κ3) is 81.9. The fourth-order valence-electron chi connectivity index (χ4n) is 0. The minimum absolute atomic E-state index is 0. The fraction of sp³-hybridized carbons (Fsp3) is 0. The van der Waals surface area contributed by atoms with Gasteiger partial charge in [0, 0.05) is 19.5 Å². The van der Waals surface area contributed by atoms with Crippen LogP contribution < -0.4 is 0 Å². The zero-order chi connectivity index (χ0) is 0. The zero-order valence-corrected chi connectivity index (χ0v) is 7.67. The van der Waals surface area contributed by atoms with E-state index in [1.54, 1.807) is 0 Å². The van der Waals surface area contributed by atoms with Gasteiger partial charge in [-0.05, 0) is 0 Å². The average Bonchev–Trinajstić information content (AvgIpc) is 0. The molecule has 0 saturated heterocycles. The van der Waals surface area contributed by atoms with Crippen molar-refractivity contribution in [1.29, 1.82) is 0 Å². The molecular formula is C4H12Zn-4. The van der Waals surface area contributed by atoms with Crippen molar-refractivity contribution in [2.75, 3.05) is 0 Å². The van der Waals surface area contributed by atoms with Gasteiger partial charge >= 0.3 is 0 Å². The van der Waals surface area contributed by atoms with Crippen molar-refractivity contribution in [3.8, 4) is 0 Å². The molecule has 0 aromatic rings. The summed E-state index contributed by atoms with van der Waals surface area (Å²) in [6.45, 7) is 0. The molecule has 0 bridgehead atoms. The molecule has 34 valence electrons. The van der Waals surface area contributed by atoms with E-state index in [1.165, 1.54) is 0 Å². The average molecular weight is 126 g/mol. The Morgan fingerprint density at radius 2 is 0.400 bits per heavy atom. The van der Waals surface area contributed by atoms with Gasteiger partial charge in [0.2, 0.25) is 0 Å². The van der Waals surface area contributed by atoms with Gasteiger partial charge in [-0.3, -0.25) is 0 Å². The maximum absolute atomic E-state index is 0. The van der Waals surface area contributed by atoms with Gasteiger partial charge < -0.3 is 29.7 Å². The van der Waals surface area contributed by atoms with Crippen molar-refractivity contribution in [3.63, 3.8) is 0 Å². The predicted molar refractivity (Wildman–Crippen MR) is 25.7 cm³/mol. The summed E-state index contributed by atoms with van der Waals surface area (Å²) in [5.41, 5.74) is 0. The molecule has 0 aromatic carbocycles. The summed E-state index contributed by atoms with van der Waals surface area (Å²) in [5.74, 6) is 0. The summed E-state index contributed by atoms with van der Waals surface area (Å²) in [6.07, 6.45) is 0. The van der Waals surface area contributed by atoms with E-state index < -0.39 is 0 Å². The van der Waals surface area contributed by atoms with Crippen molar-refractivity contribution in [3.05, 3.63) is 29.7 Å². The Hall–Kier alpha value is 0.623. The Balaban J connectivity index is 0. The van der Waals surface area contributed by atoms with E-state index in [1.807, 2.05) is 0 Å². The van der Waals surface area contributed by atoms with E-state index in [0.717, 1.165) is 0 Å². The first kappa shape index (κ1) is 309. The molecule has 0 nitrogen and oxygen atoms in total. The molecule has 1 heteroatoms. The van der Waals surface area contributed by atoms with Gasteiger partial charge in [0.25, 0.3) is 0 Å². The van der Waals surface area contributed by atoms with Crippen molar-refractivity contribution in [1.82, 2.24) is 0 Å². The van der Waals surface area contributed by atoms with Crippen LogP contribution in [0.3, 0.4) is 0 Å². The Kier molecular flexibility index (Phi) is 9660. The van der Waals surface area contributed by atoms with E-state index in [2.05, 4.69) is 0 Å². The molecule has 0 aliphatic rings. The monoisotopic (exact) mass is 124 g/mol. The summed E-state index contributed by atoms with van der Waals surface area (Å²) in [6, 6.07) is 0.